The van der Waals surface area contributed by atoms with Crippen LogP contribution in [-0.4, -0.2) is 28.7 Å². The topological polar surface area (TPSA) is 81.2 Å². The van der Waals surface area contributed by atoms with E-state index in [4.69, 9.17) is 4.74 Å². The van der Waals surface area contributed by atoms with E-state index in [0.29, 0.717) is 5.56 Å². The number of esters is 1. The summed E-state index contributed by atoms with van der Waals surface area (Å²) in [5.74, 6) is -0.840. The second-order valence-corrected chi connectivity index (χ2v) is 4.43. The number of amides is 1. The lowest BCUT2D eigenvalue weighted by Gasteiger charge is -1.99. The summed E-state index contributed by atoms with van der Waals surface area (Å²) < 4.78 is 4.79. The maximum absolute atomic E-state index is 11.8. The smallest absolute Gasteiger partial charge is 0.369 e. The molecule has 0 bridgehead atoms. The van der Waals surface area contributed by atoms with Gasteiger partial charge in [0.2, 0.25) is 10.1 Å². The molecule has 19 heavy (non-hydrogen) atoms. The first kappa shape index (κ1) is 13.2. The van der Waals surface area contributed by atoms with Gasteiger partial charge in [-0.3, -0.25) is 10.1 Å². The zero-order valence-corrected chi connectivity index (χ0v) is 10.9. The Kier molecular flexibility index (Phi) is 4.19. The van der Waals surface area contributed by atoms with Gasteiger partial charge in [-0.25, -0.2) is 4.79 Å². The van der Waals surface area contributed by atoms with Crippen LogP contribution >= 0.6 is 11.3 Å². The lowest BCUT2D eigenvalue weighted by molar-refractivity contribution is 0.0525. The zero-order chi connectivity index (χ0) is 13.7. The molecule has 1 aromatic carbocycles. The highest BCUT2D eigenvalue weighted by Gasteiger charge is 2.15. The maximum atomic E-state index is 11.8. The van der Waals surface area contributed by atoms with Crippen molar-refractivity contribution in [2.45, 2.75) is 6.92 Å². The fraction of sp³-hybridized carbons (Fsp3) is 0.167. The molecule has 1 heterocycles. The number of nitrogens with one attached hydrogen (secondary N) is 1. The van der Waals surface area contributed by atoms with Crippen LogP contribution in [0.3, 0.4) is 0 Å². The van der Waals surface area contributed by atoms with Gasteiger partial charge in [0.25, 0.3) is 5.91 Å². The molecule has 0 aliphatic rings. The quantitative estimate of drug-likeness (QED) is 0.864. The van der Waals surface area contributed by atoms with Crippen molar-refractivity contribution >= 4 is 28.3 Å². The minimum atomic E-state index is -0.541. The third-order valence-corrected chi connectivity index (χ3v) is 2.95. The van der Waals surface area contributed by atoms with Crippen LogP contribution in [0.2, 0.25) is 0 Å². The molecule has 1 aromatic heterocycles. The first-order valence-electron chi connectivity index (χ1n) is 5.57. The van der Waals surface area contributed by atoms with E-state index in [2.05, 4.69) is 15.5 Å². The third kappa shape index (κ3) is 3.35. The van der Waals surface area contributed by atoms with Crippen molar-refractivity contribution in [1.82, 2.24) is 10.2 Å². The molecule has 0 fully saturated rings. The Morgan fingerprint density at radius 3 is 2.68 bits per heavy atom. The van der Waals surface area contributed by atoms with Crippen molar-refractivity contribution in [2.24, 2.45) is 0 Å². The van der Waals surface area contributed by atoms with E-state index in [-0.39, 0.29) is 22.7 Å². The number of ether oxygens (including phenoxy) is 1. The predicted octanol–water partition coefficient (Wildman–Crippen LogP) is 1.97. The SMILES string of the molecule is CCOC(=O)c1nnc(NC(=O)c2ccccc2)s1. The predicted molar refractivity (Wildman–Crippen MR) is 70.3 cm³/mol. The Morgan fingerprint density at radius 1 is 1.26 bits per heavy atom. The van der Waals surface area contributed by atoms with Crippen LogP contribution in [0, 0.1) is 0 Å². The largest absolute Gasteiger partial charge is 0.461 e. The van der Waals surface area contributed by atoms with Crippen LogP contribution in [0.4, 0.5) is 5.13 Å². The fourth-order valence-electron chi connectivity index (χ4n) is 1.31. The minimum Gasteiger partial charge on any atom is -0.461 e. The summed E-state index contributed by atoms with van der Waals surface area (Å²) in [4.78, 5) is 23.2. The number of rotatable bonds is 4. The van der Waals surface area contributed by atoms with E-state index in [1.807, 2.05) is 6.07 Å². The number of aromatic nitrogens is 2. The van der Waals surface area contributed by atoms with Gasteiger partial charge >= 0.3 is 5.97 Å². The second kappa shape index (κ2) is 6.05. The van der Waals surface area contributed by atoms with Gasteiger partial charge in [-0.2, -0.15) is 0 Å². The van der Waals surface area contributed by atoms with E-state index in [9.17, 15) is 9.59 Å². The average molecular weight is 277 g/mol. The summed E-state index contributed by atoms with van der Waals surface area (Å²) in [6, 6.07) is 8.71. The Bertz CT molecular complexity index is 583. The molecule has 7 heteroatoms. The molecule has 6 nitrogen and oxygen atoms in total. The number of anilines is 1. The summed E-state index contributed by atoms with van der Waals surface area (Å²) in [6.45, 7) is 1.97. The van der Waals surface area contributed by atoms with Crippen molar-refractivity contribution in [2.75, 3.05) is 11.9 Å². The van der Waals surface area contributed by atoms with Crippen LogP contribution in [0.25, 0.3) is 0 Å². The standard InChI is InChI=1S/C12H11N3O3S/c1-2-18-11(17)10-14-15-12(19-10)13-9(16)8-6-4-3-5-7-8/h3-7H,2H2,1H3,(H,13,15,16). The normalized spacial score (nSPS) is 9.95. The Balaban J connectivity index is 2.04. The molecule has 0 saturated carbocycles. The summed E-state index contributed by atoms with van der Waals surface area (Å²) in [5, 5.41) is 10.3. The highest BCUT2D eigenvalue weighted by atomic mass is 32.1. The summed E-state index contributed by atoms with van der Waals surface area (Å²) in [5.41, 5.74) is 0.510. The summed E-state index contributed by atoms with van der Waals surface area (Å²) in [6.07, 6.45) is 0. The van der Waals surface area contributed by atoms with Crippen LogP contribution in [0.1, 0.15) is 27.1 Å². The van der Waals surface area contributed by atoms with Crippen molar-refractivity contribution in [3.05, 3.63) is 40.9 Å². The van der Waals surface area contributed by atoms with Gasteiger partial charge in [-0.15, -0.1) is 10.2 Å². The maximum Gasteiger partial charge on any atom is 0.369 e. The molecule has 1 amide bonds. The lowest BCUT2D eigenvalue weighted by atomic mass is 10.2. The Morgan fingerprint density at radius 2 is 2.00 bits per heavy atom. The average Bonchev–Trinajstić information content (AvgIpc) is 2.88. The number of hydrogen-bond donors (Lipinski definition) is 1. The highest BCUT2D eigenvalue weighted by Crippen LogP contribution is 2.17. The molecule has 0 saturated heterocycles. The van der Waals surface area contributed by atoms with Gasteiger partial charge in [0.15, 0.2) is 0 Å². The fourth-order valence-corrected chi connectivity index (χ4v) is 1.94. The Hall–Kier alpha value is -2.28. The molecular weight excluding hydrogens is 266 g/mol. The van der Waals surface area contributed by atoms with Crippen LogP contribution < -0.4 is 5.32 Å². The number of benzene rings is 1. The second-order valence-electron chi connectivity index (χ2n) is 3.45. The molecule has 0 atom stereocenters. The van der Waals surface area contributed by atoms with Crippen LogP contribution in [0.5, 0.6) is 0 Å². The lowest BCUT2D eigenvalue weighted by Crippen LogP contribution is -2.11. The molecule has 0 unspecified atom stereocenters. The van der Waals surface area contributed by atoms with Crippen LogP contribution in [0.15, 0.2) is 30.3 Å². The number of carbonyl (C=O) groups is 2. The molecule has 0 spiro atoms. The van der Waals surface area contributed by atoms with E-state index >= 15 is 0 Å². The van der Waals surface area contributed by atoms with Gasteiger partial charge in [0.1, 0.15) is 0 Å². The van der Waals surface area contributed by atoms with Gasteiger partial charge in [0.05, 0.1) is 6.61 Å². The van der Waals surface area contributed by atoms with E-state index in [1.165, 1.54) is 0 Å². The van der Waals surface area contributed by atoms with Gasteiger partial charge in [-0.05, 0) is 19.1 Å². The number of carbonyl (C=O) groups excluding carboxylic acids is 2. The molecular formula is C12H11N3O3S. The molecule has 98 valence electrons. The third-order valence-electron chi connectivity index (χ3n) is 2.13. The van der Waals surface area contributed by atoms with Gasteiger partial charge in [0, 0.05) is 5.56 Å². The summed E-state index contributed by atoms with van der Waals surface area (Å²) in [7, 11) is 0. The molecule has 0 aliphatic carbocycles. The summed E-state index contributed by atoms with van der Waals surface area (Å²) >= 11 is 0.975. The van der Waals surface area contributed by atoms with Gasteiger partial charge < -0.3 is 4.74 Å². The molecule has 0 aliphatic heterocycles. The van der Waals surface area contributed by atoms with Gasteiger partial charge in [-0.1, -0.05) is 29.5 Å². The van der Waals surface area contributed by atoms with Crippen LogP contribution in [-0.2, 0) is 4.74 Å². The zero-order valence-electron chi connectivity index (χ0n) is 10.1. The first-order chi connectivity index (χ1) is 9.20. The number of hydrogen-bond acceptors (Lipinski definition) is 6. The first-order valence-corrected chi connectivity index (χ1v) is 6.39. The monoisotopic (exact) mass is 277 g/mol. The van der Waals surface area contributed by atoms with Crippen molar-refractivity contribution in [3.63, 3.8) is 0 Å². The molecule has 1 N–H and O–H groups in total. The van der Waals surface area contributed by atoms with Crippen molar-refractivity contribution in [3.8, 4) is 0 Å². The Labute approximate surface area is 113 Å². The van der Waals surface area contributed by atoms with E-state index in [1.54, 1.807) is 31.2 Å². The van der Waals surface area contributed by atoms with E-state index in [0.717, 1.165) is 11.3 Å². The molecule has 2 rings (SSSR count). The van der Waals surface area contributed by atoms with E-state index < -0.39 is 5.97 Å². The van der Waals surface area contributed by atoms with Crippen molar-refractivity contribution < 1.29 is 14.3 Å². The molecule has 2 aromatic rings. The number of nitrogens with zero attached hydrogens (tertiary/aromatic N) is 2. The van der Waals surface area contributed by atoms with Crippen molar-refractivity contribution in [1.29, 1.82) is 0 Å². The molecule has 0 radical (unpaired) electrons. The minimum absolute atomic E-state index is 0.116. The highest BCUT2D eigenvalue weighted by molar-refractivity contribution is 7.17.